The summed E-state index contributed by atoms with van der Waals surface area (Å²) >= 11 is 0. The monoisotopic (exact) mass is 378 g/mol. The third kappa shape index (κ3) is 3.63. The number of carboxylic acids is 1. The summed E-state index contributed by atoms with van der Waals surface area (Å²) in [6.45, 7) is -0.503. The van der Waals surface area contributed by atoms with E-state index in [1.807, 2.05) is 7.05 Å². The molecule has 0 aromatic carbocycles. The first kappa shape index (κ1) is 18.8. The van der Waals surface area contributed by atoms with E-state index in [0.29, 0.717) is 0 Å². The summed E-state index contributed by atoms with van der Waals surface area (Å²) in [7, 11) is 3.48. The van der Waals surface area contributed by atoms with Gasteiger partial charge in [0.1, 0.15) is 6.54 Å². The summed E-state index contributed by atoms with van der Waals surface area (Å²) in [4.78, 5) is 44.4. The number of aryl methyl sites for hydroxylation is 1. The fourth-order valence-electron chi connectivity index (χ4n) is 3.85. The number of hydrogen-bond acceptors (Lipinski definition) is 6. The molecule has 11 heteroatoms. The van der Waals surface area contributed by atoms with E-state index >= 15 is 0 Å². The molecule has 2 atom stereocenters. The molecule has 2 aromatic heterocycles. The highest BCUT2D eigenvalue weighted by Crippen LogP contribution is 2.24. The number of nitrogens with two attached hydrogens (primary N) is 1. The lowest BCUT2D eigenvalue weighted by atomic mass is 10.1. The van der Waals surface area contributed by atoms with Gasteiger partial charge in [0.15, 0.2) is 12.9 Å². The van der Waals surface area contributed by atoms with E-state index in [-0.39, 0.29) is 48.2 Å². The first-order valence-corrected chi connectivity index (χ1v) is 8.74. The van der Waals surface area contributed by atoms with E-state index in [0.717, 1.165) is 19.3 Å². The van der Waals surface area contributed by atoms with E-state index in [4.69, 9.17) is 5.73 Å². The standard InChI is InChI=1S/C16H23N7O4/c1-18-9-4-3-5-10(9)23(7-12(25)26)11(24)6-22-8-21(2)13-14(22)19-16(17)20-15(13)27/h8-10,18H,3-7H2,1-2H3,(H3-,17,19,20,25,26,27)/p+1/t9-,10-/m0/s1. The number of aliphatic carboxylic acids is 1. The summed E-state index contributed by atoms with van der Waals surface area (Å²) < 4.78 is 3.07. The number of imidazole rings is 1. The van der Waals surface area contributed by atoms with Gasteiger partial charge >= 0.3 is 11.6 Å². The average Bonchev–Trinajstić information content (AvgIpc) is 3.17. The minimum Gasteiger partial charge on any atom is -0.480 e. The number of nitrogen functional groups attached to an aromatic ring is 1. The van der Waals surface area contributed by atoms with Gasteiger partial charge in [-0.1, -0.05) is 4.98 Å². The number of amides is 1. The molecule has 146 valence electrons. The lowest BCUT2D eigenvalue weighted by molar-refractivity contribution is -0.661. The van der Waals surface area contributed by atoms with Crippen molar-refractivity contribution in [1.82, 2.24) is 24.8 Å². The minimum absolute atomic E-state index is 0.0478. The zero-order valence-corrected chi connectivity index (χ0v) is 15.3. The number of rotatable bonds is 6. The van der Waals surface area contributed by atoms with E-state index in [1.54, 1.807) is 17.9 Å². The highest BCUT2D eigenvalue weighted by molar-refractivity contribution is 5.81. The van der Waals surface area contributed by atoms with Crippen LogP contribution in [0.25, 0.3) is 11.2 Å². The number of carbonyl (C=O) groups is 2. The van der Waals surface area contributed by atoms with Crippen LogP contribution in [0.1, 0.15) is 19.3 Å². The number of nitrogens with zero attached hydrogens (tertiary/aromatic N) is 4. The Labute approximate surface area is 154 Å². The predicted molar refractivity (Wildman–Crippen MR) is 95.8 cm³/mol. The van der Waals surface area contributed by atoms with Gasteiger partial charge in [-0.15, -0.1) is 0 Å². The number of aromatic nitrogens is 4. The fraction of sp³-hybridized carbons (Fsp3) is 0.562. The SMILES string of the molecule is CN[C@H]1CCC[C@@H]1N(CC(=O)O)C(=O)C[n+]1cn(C)c2c(=O)[nH]c(N)nc21. The van der Waals surface area contributed by atoms with E-state index < -0.39 is 11.5 Å². The predicted octanol–water partition coefficient (Wildman–Crippen LogP) is -1.81. The molecule has 0 bridgehead atoms. The molecule has 0 saturated heterocycles. The molecule has 1 saturated carbocycles. The number of anilines is 1. The Morgan fingerprint density at radius 1 is 1.52 bits per heavy atom. The van der Waals surface area contributed by atoms with E-state index in [2.05, 4.69) is 15.3 Å². The van der Waals surface area contributed by atoms with Crippen molar-refractivity contribution in [2.75, 3.05) is 19.3 Å². The van der Waals surface area contributed by atoms with Crippen molar-refractivity contribution in [3.63, 3.8) is 0 Å². The smallest absolute Gasteiger partial charge is 0.323 e. The number of H-pyrrole nitrogens is 1. The van der Waals surface area contributed by atoms with Gasteiger partial charge in [-0.2, -0.15) is 0 Å². The number of carbonyl (C=O) groups excluding carboxylic acids is 1. The van der Waals surface area contributed by atoms with Crippen LogP contribution in [0.4, 0.5) is 5.95 Å². The summed E-state index contributed by atoms with van der Waals surface area (Å²) in [6, 6.07) is -0.127. The number of hydrogen-bond donors (Lipinski definition) is 4. The van der Waals surface area contributed by atoms with Gasteiger partial charge in [0.2, 0.25) is 5.52 Å². The minimum atomic E-state index is -1.06. The zero-order chi connectivity index (χ0) is 19.7. The molecule has 27 heavy (non-hydrogen) atoms. The highest BCUT2D eigenvalue weighted by atomic mass is 16.4. The Morgan fingerprint density at radius 2 is 2.26 bits per heavy atom. The molecule has 1 aliphatic carbocycles. The molecule has 0 spiro atoms. The van der Waals surface area contributed by atoms with E-state index in [9.17, 15) is 19.5 Å². The van der Waals surface area contributed by atoms with Crippen molar-refractivity contribution in [2.24, 2.45) is 7.05 Å². The first-order chi connectivity index (χ1) is 12.8. The van der Waals surface area contributed by atoms with Crippen molar-refractivity contribution >= 4 is 29.0 Å². The number of nitrogens with one attached hydrogen (secondary N) is 2. The van der Waals surface area contributed by atoms with Crippen LogP contribution >= 0.6 is 0 Å². The Bertz CT molecular complexity index is 935. The molecule has 11 nitrogen and oxygen atoms in total. The molecule has 1 aliphatic rings. The van der Waals surface area contributed by atoms with Crippen molar-refractivity contribution < 1.29 is 19.3 Å². The number of likely N-dealkylation sites (N-methyl/N-ethyl adjacent to an activating group) is 1. The number of carboxylic acid groups (broad SMARTS) is 1. The van der Waals surface area contributed by atoms with Crippen LogP contribution in [0.2, 0.25) is 0 Å². The van der Waals surface area contributed by atoms with E-state index in [1.165, 1.54) is 9.47 Å². The van der Waals surface area contributed by atoms with Crippen LogP contribution < -0.4 is 21.2 Å². The van der Waals surface area contributed by atoms with Crippen LogP contribution in [0, 0.1) is 0 Å². The van der Waals surface area contributed by atoms with Gasteiger partial charge < -0.3 is 21.1 Å². The molecule has 1 amide bonds. The molecule has 0 unspecified atom stereocenters. The molecule has 3 rings (SSSR count). The molecular weight excluding hydrogens is 354 g/mol. The second-order valence-corrected chi connectivity index (χ2v) is 6.79. The average molecular weight is 378 g/mol. The second-order valence-electron chi connectivity index (χ2n) is 6.79. The summed E-state index contributed by atoms with van der Waals surface area (Å²) in [5, 5.41) is 12.4. The lowest BCUT2D eigenvalue weighted by Crippen LogP contribution is -2.54. The topological polar surface area (TPSA) is 150 Å². The molecule has 0 aliphatic heterocycles. The second kappa shape index (κ2) is 7.35. The largest absolute Gasteiger partial charge is 0.480 e. The molecule has 1 fully saturated rings. The van der Waals surface area contributed by atoms with Gasteiger partial charge in [-0.3, -0.25) is 23.9 Å². The summed E-state index contributed by atoms with van der Waals surface area (Å²) in [5.74, 6) is -1.46. The maximum atomic E-state index is 13.0. The van der Waals surface area contributed by atoms with Crippen molar-refractivity contribution in [3.8, 4) is 0 Å². The van der Waals surface area contributed by atoms with Crippen LogP contribution in [0.3, 0.4) is 0 Å². The third-order valence-electron chi connectivity index (χ3n) is 5.01. The van der Waals surface area contributed by atoms with Gasteiger partial charge in [-0.25, -0.2) is 4.57 Å². The van der Waals surface area contributed by atoms with Gasteiger partial charge in [-0.05, 0) is 26.3 Å². The van der Waals surface area contributed by atoms with Crippen LogP contribution in [0.5, 0.6) is 0 Å². The zero-order valence-electron chi connectivity index (χ0n) is 15.3. The quantitative estimate of drug-likeness (QED) is 0.432. The maximum absolute atomic E-state index is 13.0. The van der Waals surface area contributed by atoms with Crippen molar-refractivity contribution in [2.45, 2.75) is 37.9 Å². The highest BCUT2D eigenvalue weighted by Gasteiger charge is 2.36. The normalized spacial score (nSPS) is 19.5. The summed E-state index contributed by atoms with van der Waals surface area (Å²) in [6.07, 6.45) is 4.14. The number of aromatic amines is 1. The number of fused-ring (bicyclic) bond motifs is 1. The Morgan fingerprint density at radius 3 is 2.93 bits per heavy atom. The van der Waals surface area contributed by atoms with Crippen LogP contribution in [0.15, 0.2) is 11.1 Å². The molecule has 2 heterocycles. The third-order valence-corrected chi connectivity index (χ3v) is 5.01. The molecular formula is C16H24N7O4+. The van der Waals surface area contributed by atoms with Gasteiger partial charge in [0.05, 0.1) is 7.05 Å². The molecule has 5 N–H and O–H groups in total. The van der Waals surface area contributed by atoms with Gasteiger partial charge in [0.25, 0.3) is 17.4 Å². The van der Waals surface area contributed by atoms with Gasteiger partial charge in [0, 0.05) is 12.1 Å². The summed E-state index contributed by atoms with van der Waals surface area (Å²) in [5.41, 5.74) is 5.79. The fourth-order valence-corrected chi connectivity index (χ4v) is 3.85. The van der Waals surface area contributed by atoms with Crippen molar-refractivity contribution in [1.29, 1.82) is 0 Å². The van der Waals surface area contributed by atoms with Crippen LogP contribution in [-0.2, 0) is 23.2 Å². The maximum Gasteiger partial charge on any atom is 0.323 e. The Balaban J connectivity index is 1.93. The van der Waals surface area contributed by atoms with Crippen LogP contribution in [-0.4, -0.2) is 62.1 Å². The van der Waals surface area contributed by atoms with Crippen molar-refractivity contribution in [3.05, 3.63) is 16.7 Å². The molecule has 0 radical (unpaired) electrons. The molecule has 2 aromatic rings. The lowest BCUT2D eigenvalue weighted by Gasteiger charge is -2.31. The Hall–Kier alpha value is -2.95. The Kier molecular flexibility index (Phi) is 5.13. The first-order valence-electron chi connectivity index (χ1n) is 8.74.